The van der Waals surface area contributed by atoms with Gasteiger partial charge in [-0.25, -0.2) is 9.78 Å². The zero-order valence-electron chi connectivity index (χ0n) is 11.3. The van der Waals surface area contributed by atoms with Crippen LogP contribution in [0.1, 0.15) is 50.3 Å². The Bertz CT molecular complexity index is 432. The molecular formula is C14H22N4O. The van der Waals surface area contributed by atoms with Crippen LogP contribution < -0.4 is 10.6 Å². The summed E-state index contributed by atoms with van der Waals surface area (Å²) in [7, 11) is 0. The van der Waals surface area contributed by atoms with Crippen LogP contribution in [0.3, 0.4) is 0 Å². The first-order valence-electron chi connectivity index (χ1n) is 7.38. The van der Waals surface area contributed by atoms with Gasteiger partial charge in [0.05, 0.1) is 0 Å². The number of nitrogens with one attached hydrogen (secondary N) is 2. The molecule has 19 heavy (non-hydrogen) atoms. The first kappa shape index (κ1) is 12.5. The molecule has 2 aliphatic carbocycles. The third kappa shape index (κ3) is 3.28. The molecule has 0 aromatic carbocycles. The molecule has 1 aromatic rings. The smallest absolute Gasteiger partial charge is 0.315 e. The molecule has 2 amide bonds. The molecule has 0 radical (unpaired) electrons. The van der Waals surface area contributed by atoms with Crippen molar-refractivity contribution in [3.8, 4) is 0 Å². The molecule has 1 heterocycles. The van der Waals surface area contributed by atoms with Crippen LogP contribution in [0.4, 0.5) is 4.79 Å². The average Bonchev–Trinajstić information content (AvgIpc) is 2.92. The molecule has 1 aromatic heterocycles. The molecule has 5 nitrogen and oxygen atoms in total. The molecule has 5 heteroatoms. The van der Waals surface area contributed by atoms with Crippen molar-refractivity contribution < 1.29 is 4.79 Å². The van der Waals surface area contributed by atoms with Gasteiger partial charge in [-0.3, -0.25) is 0 Å². The van der Waals surface area contributed by atoms with E-state index in [1.54, 1.807) is 0 Å². The molecule has 0 bridgehead atoms. The summed E-state index contributed by atoms with van der Waals surface area (Å²) in [4.78, 5) is 16.1. The number of amides is 2. The Morgan fingerprint density at radius 3 is 2.84 bits per heavy atom. The number of rotatable bonds is 5. The van der Waals surface area contributed by atoms with Crippen LogP contribution in [0.5, 0.6) is 0 Å². The summed E-state index contributed by atoms with van der Waals surface area (Å²) in [5.41, 5.74) is 0. The fourth-order valence-corrected chi connectivity index (χ4v) is 2.81. The lowest BCUT2D eigenvalue weighted by atomic mass is 10.2. The molecule has 2 saturated carbocycles. The van der Waals surface area contributed by atoms with Crippen molar-refractivity contribution in [1.29, 1.82) is 0 Å². The molecule has 0 aliphatic heterocycles. The maximum atomic E-state index is 11.7. The number of hydrogen-bond donors (Lipinski definition) is 2. The minimum Gasteiger partial charge on any atom is -0.336 e. The number of carbonyl (C=O) groups excluding carboxylic acids is 1. The molecule has 0 spiro atoms. The Morgan fingerprint density at radius 2 is 2.11 bits per heavy atom. The van der Waals surface area contributed by atoms with Gasteiger partial charge in [0.2, 0.25) is 0 Å². The third-order valence-electron chi connectivity index (χ3n) is 4.02. The molecule has 0 saturated heterocycles. The number of nitrogens with zero attached hydrogens (tertiary/aromatic N) is 2. The number of hydrogen-bond acceptors (Lipinski definition) is 2. The van der Waals surface area contributed by atoms with Gasteiger partial charge in [-0.05, 0) is 25.7 Å². The number of imidazole rings is 1. The SMILES string of the molecule is O=C(NCCn1ccnc1C1CC1)NC1CCCC1. The van der Waals surface area contributed by atoms with Crippen LogP contribution in [-0.2, 0) is 6.54 Å². The molecule has 0 unspecified atom stereocenters. The third-order valence-corrected chi connectivity index (χ3v) is 4.02. The van der Waals surface area contributed by atoms with Crippen molar-refractivity contribution in [2.24, 2.45) is 0 Å². The van der Waals surface area contributed by atoms with Crippen LogP contribution in [-0.4, -0.2) is 28.2 Å². The van der Waals surface area contributed by atoms with Gasteiger partial charge in [0.1, 0.15) is 5.82 Å². The average molecular weight is 262 g/mol. The first-order valence-corrected chi connectivity index (χ1v) is 7.38. The fraction of sp³-hybridized carbons (Fsp3) is 0.714. The Balaban J connectivity index is 1.39. The van der Waals surface area contributed by atoms with Crippen molar-refractivity contribution in [3.05, 3.63) is 18.2 Å². The van der Waals surface area contributed by atoms with E-state index in [1.165, 1.54) is 31.5 Å². The summed E-state index contributed by atoms with van der Waals surface area (Å²) in [6, 6.07) is 0.357. The lowest BCUT2D eigenvalue weighted by Gasteiger charge is -2.13. The van der Waals surface area contributed by atoms with Crippen molar-refractivity contribution in [3.63, 3.8) is 0 Å². The minimum atomic E-state index is -0.0278. The van der Waals surface area contributed by atoms with E-state index in [-0.39, 0.29) is 6.03 Å². The van der Waals surface area contributed by atoms with E-state index in [0.717, 1.165) is 19.4 Å². The van der Waals surface area contributed by atoms with E-state index in [1.807, 2.05) is 12.4 Å². The quantitative estimate of drug-likeness (QED) is 0.852. The van der Waals surface area contributed by atoms with Crippen LogP contribution in [0.2, 0.25) is 0 Å². The van der Waals surface area contributed by atoms with Gasteiger partial charge in [0.15, 0.2) is 0 Å². The molecule has 0 atom stereocenters. The van der Waals surface area contributed by atoms with E-state index < -0.39 is 0 Å². The standard InChI is InChI=1S/C14H22N4O/c19-14(17-12-3-1-2-4-12)16-8-10-18-9-7-15-13(18)11-5-6-11/h7,9,11-12H,1-6,8,10H2,(H2,16,17,19). The molecule has 2 N–H and O–H groups in total. The Labute approximate surface area is 113 Å². The zero-order valence-corrected chi connectivity index (χ0v) is 11.3. The minimum absolute atomic E-state index is 0.0278. The van der Waals surface area contributed by atoms with Gasteiger partial charge in [0, 0.05) is 37.4 Å². The van der Waals surface area contributed by atoms with Gasteiger partial charge in [-0.1, -0.05) is 12.8 Å². The predicted octanol–water partition coefficient (Wildman–Crippen LogP) is 2.00. The fourth-order valence-electron chi connectivity index (χ4n) is 2.81. The summed E-state index contributed by atoms with van der Waals surface area (Å²) >= 11 is 0. The molecule has 104 valence electrons. The zero-order chi connectivity index (χ0) is 13.1. The van der Waals surface area contributed by atoms with Crippen molar-refractivity contribution in [1.82, 2.24) is 20.2 Å². The van der Waals surface area contributed by atoms with Crippen molar-refractivity contribution in [2.45, 2.75) is 57.0 Å². The largest absolute Gasteiger partial charge is 0.336 e. The molecule has 2 aliphatic rings. The lowest BCUT2D eigenvalue weighted by Crippen LogP contribution is -2.41. The van der Waals surface area contributed by atoms with Crippen LogP contribution in [0, 0.1) is 0 Å². The summed E-state index contributed by atoms with van der Waals surface area (Å²) in [5, 5.41) is 5.97. The molecule has 2 fully saturated rings. The van der Waals surface area contributed by atoms with Gasteiger partial charge in [-0.2, -0.15) is 0 Å². The number of carbonyl (C=O) groups is 1. The number of urea groups is 1. The monoisotopic (exact) mass is 262 g/mol. The van der Waals surface area contributed by atoms with Gasteiger partial charge >= 0.3 is 6.03 Å². The maximum absolute atomic E-state index is 11.7. The van der Waals surface area contributed by atoms with Gasteiger partial charge in [-0.15, -0.1) is 0 Å². The van der Waals surface area contributed by atoms with Crippen molar-refractivity contribution >= 4 is 6.03 Å². The van der Waals surface area contributed by atoms with E-state index in [0.29, 0.717) is 18.5 Å². The first-order chi connectivity index (χ1) is 9.33. The normalized spacial score (nSPS) is 19.6. The Morgan fingerprint density at radius 1 is 1.32 bits per heavy atom. The highest BCUT2D eigenvalue weighted by atomic mass is 16.2. The van der Waals surface area contributed by atoms with Crippen LogP contribution >= 0.6 is 0 Å². The summed E-state index contributed by atoms with van der Waals surface area (Å²) < 4.78 is 2.16. The molecular weight excluding hydrogens is 240 g/mol. The van der Waals surface area contributed by atoms with E-state index in [9.17, 15) is 4.79 Å². The highest BCUT2D eigenvalue weighted by Crippen LogP contribution is 2.38. The van der Waals surface area contributed by atoms with E-state index in [2.05, 4.69) is 20.2 Å². The highest BCUT2D eigenvalue weighted by Gasteiger charge is 2.27. The second kappa shape index (κ2) is 5.63. The van der Waals surface area contributed by atoms with Crippen LogP contribution in [0.25, 0.3) is 0 Å². The topological polar surface area (TPSA) is 59.0 Å². The molecule has 3 rings (SSSR count). The van der Waals surface area contributed by atoms with Gasteiger partial charge in [0.25, 0.3) is 0 Å². The van der Waals surface area contributed by atoms with E-state index >= 15 is 0 Å². The van der Waals surface area contributed by atoms with E-state index in [4.69, 9.17) is 0 Å². The number of aromatic nitrogens is 2. The summed E-state index contributed by atoms with van der Waals surface area (Å²) in [6.07, 6.45) is 11.1. The second-order valence-electron chi connectivity index (χ2n) is 5.63. The second-order valence-corrected chi connectivity index (χ2v) is 5.63. The predicted molar refractivity (Wildman–Crippen MR) is 73.0 cm³/mol. The van der Waals surface area contributed by atoms with Crippen LogP contribution in [0.15, 0.2) is 12.4 Å². The van der Waals surface area contributed by atoms with Gasteiger partial charge < -0.3 is 15.2 Å². The Hall–Kier alpha value is -1.52. The highest BCUT2D eigenvalue weighted by molar-refractivity contribution is 5.74. The lowest BCUT2D eigenvalue weighted by molar-refractivity contribution is 0.236. The summed E-state index contributed by atoms with van der Waals surface area (Å²) in [5.74, 6) is 1.83. The summed E-state index contributed by atoms with van der Waals surface area (Å²) in [6.45, 7) is 1.47. The van der Waals surface area contributed by atoms with Crippen molar-refractivity contribution in [2.75, 3.05) is 6.54 Å². The Kier molecular flexibility index (Phi) is 3.71. The maximum Gasteiger partial charge on any atom is 0.315 e.